The lowest BCUT2D eigenvalue weighted by Gasteiger charge is -2.42. The number of pyridine rings is 2. The lowest BCUT2D eigenvalue weighted by Crippen LogP contribution is -2.62. The Balaban J connectivity index is 1.57. The lowest BCUT2D eigenvalue weighted by molar-refractivity contribution is 0.102. The third-order valence-corrected chi connectivity index (χ3v) is 6.41. The van der Waals surface area contributed by atoms with Crippen molar-refractivity contribution in [2.24, 2.45) is 11.7 Å². The molecule has 1 aliphatic rings. The van der Waals surface area contributed by atoms with Crippen molar-refractivity contribution in [1.29, 1.82) is 0 Å². The van der Waals surface area contributed by atoms with Crippen LogP contribution in [0.5, 0.6) is 0 Å². The van der Waals surface area contributed by atoms with Crippen molar-refractivity contribution in [3.63, 3.8) is 0 Å². The van der Waals surface area contributed by atoms with E-state index in [1.54, 1.807) is 18.5 Å². The van der Waals surface area contributed by atoms with E-state index in [-0.39, 0.29) is 23.7 Å². The minimum Gasteiger partial charge on any atom is -0.453 e. The molecule has 0 bridgehead atoms. The maximum absolute atomic E-state index is 13.2. The molecule has 0 aliphatic carbocycles. The van der Waals surface area contributed by atoms with Crippen LogP contribution in [-0.2, 0) is 11.2 Å². The summed E-state index contributed by atoms with van der Waals surface area (Å²) >= 11 is 0. The maximum Gasteiger partial charge on any atom is 0.407 e. The first-order valence-corrected chi connectivity index (χ1v) is 11.6. The second kappa shape index (κ2) is 10.1. The molecular formula is C25H31N7O3. The molecule has 0 saturated carbocycles. The summed E-state index contributed by atoms with van der Waals surface area (Å²) in [5.41, 5.74) is 16.2. The van der Waals surface area contributed by atoms with Gasteiger partial charge in [0.05, 0.1) is 41.9 Å². The quantitative estimate of drug-likeness (QED) is 0.438. The summed E-state index contributed by atoms with van der Waals surface area (Å²) in [7, 11) is 1.33. The number of rotatable bonds is 5. The Hall–Kier alpha value is -3.92. The number of piperidine rings is 1. The van der Waals surface area contributed by atoms with Crippen LogP contribution in [0.2, 0.25) is 0 Å². The molecule has 4 rings (SSSR count). The molecule has 10 nitrogen and oxygen atoms in total. The summed E-state index contributed by atoms with van der Waals surface area (Å²) in [4.78, 5) is 35.7. The second-order valence-corrected chi connectivity index (χ2v) is 8.86. The average molecular weight is 478 g/mol. The highest BCUT2D eigenvalue weighted by atomic mass is 16.5. The summed E-state index contributed by atoms with van der Waals surface area (Å²) in [6.45, 7) is 5.17. The number of ether oxygens (including phenoxy) is 1. The number of hydrogen-bond acceptors (Lipinski definition) is 8. The number of methoxy groups -OCH3 is 1. The molecule has 1 fully saturated rings. The number of aromatic nitrogens is 2. The Morgan fingerprint density at radius 2 is 2.03 bits per heavy atom. The SMILES string of the molecule is CCc1ccc2cc(N)c(C(=O)Nc3cnccc3N3CC(C)C(NC(=O)OC)C(N)C3)nc2c1. The van der Waals surface area contributed by atoms with Gasteiger partial charge in [-0.25, -0.2) is 9.78 Å². The molecule has 2 amide bonds. The standard InChI is InChI=1S/C25H31N7O3/c1-4-15-5-6-16-10-17(26)23(29-19(16)9-15)24(33)30-20-11-28-8-7-21(20)32-12-14(2)22(18(27)13-32)31-25(34)35-3/h5-11,14,18,22H,4,12-13,26-27H2,1-3H3,(H,30,33)(H,31,34). The molecule has 0 spiro atoms. The number of nitrogens with one attached hydrogen (secondary N) is 2. The molecular weight excluding hydrogens is 446 g/mol. The highest BCUT2D eigenvalue weighted by Gasteiger charge is 2.34. The van der Waals surface area contributed by atoms with Crippen LogP contribution < -0.4 is 27.0 Å². The number of alkyl carbamates (subject to hydrolysis) is 1. The number of nitrogen functional groups attached to an aromatic ring is 1. The third kappa shape index (κ3) is 5.12. The second-order valence-electron chi connectivity index (χ2n) is 8.86. The number of hydrogen-bond donors (Lipinski definition) is 4. The molecule has 0 radical (unpaired) electrons. The van der Waals surface area contributed by atoms with Crippen molar-refractivity contribution in [1.82, 2.24) is 15.3 Å². The van der Waals surface area contributed by atoms with Gasteiger partial charge in [-0.15, -0.1) is 0 Å². The van der Waals surface area contributed by atoms with E-state index in [2.05, 4.69) is 32.4 Å². The van der Waals surface area contributed by atoms with Gasteiger partial charge in [0, 0.05) is 30.7 Å². The normalized spacial score (nSPS) is 19.9. The van der Waals surface area contributed by atoms with Crippen molar-refractivity contribution in [2.45, 2.75) is 32.4 Å². The molecule has 6 N–H and O–H groups in total. The van der Waals surface area contributed by atoms with Gasteiger partial charge in [0.25, 0.3) is 5.91 Å². The van der Waals surface area contributed by atoms with Crippen LogP contribution in [0.4, 0.5) is 21.9 Å². The molecule has 3 unspecified atom stereocenters. The first-order valence-electron chi connectivity index (χ1n) is 11.6. The largest absolute Gasteiger partial charge is 0.453 e. The minimum absolute atomic E-state index is 0.0418. The Labute approximate surface area is 204 Å². The summed E-state index contributed by atoms with van der Waals surface area (Å²) in [6, 6.07) is 8.99. The van der Waals surface area contributed by atoms with Gasteiger partial charge in [-0.3, -0.25) is 9.78 Å². The van der Waals surface area contributed by atoms with E-state index in [0.29, 0.717) is 24.5 Å². The van der Waals surface area contributed by atoms with E-state index in [9.17, 15) is 9.59 Å². The Bertz CT molecular complexity index is 1240. The number of benzene rings is 1. The highest BCUT2D eigenvalue weighted by molar-refractivity contribution is 6.09. The number of anilines is 3. The maximum atomic E-state index is 13.2. The van der Waals surface area contributed by atoms with E-state index in [0.717, 1.165) is 28.6 Å². The Morgan fingerprint density at radius 3 is 2.74 bits per heavy atom. The number of amides is 2. The van der Waals surface area contributed by atoms with Gasteiger partial charge in [-0.05, 0) is 36.1 Å². The van der Waals surface area contributed by atoms with Crippen LogP contribution in [0.1, 0.15) is 29.9 Å². The summed E-state index contributed by atoms with van der Waals surface area (Å²) in [6.07, 6.45) is 3.62. The van der Waals surface area contributed by atoms with E-state index in [1.807, 2.05) is 31.2 Å². The monoisotopic (exact) mass is 477 g/mol. The van der Waals surface area contributed by atoms with Crippen LogP contribution in [0, 0.1) is 5.92 Å². The lowest BCUT2D eigenvalue weighted by atomic mass is 9.90. The predicted molar refractivity (Wildman–Crippen MR) is 136 cm³/mol. The van der Waals surface area contributed by atoms with Gasteiger partial charge in [0.2, 0.25) is 0 Å². The smallest absolute Gasteiger partial charge is 0.407 e. The minimum atomic E-state index is -0.505. The number of nitrogens with zero attached hydrogens (tertiary/aromatic N) is 3. The summed E-state index contributed by atoms with van der Waals surface area (Å²) in [5, 5.41) is 6.62. The zero-order chi connectivity index (χ0) is 25.1. The molecule has 10 heteroatoms. The van der Waals surface area contributed by atoms with Gasteiger partial charge in [0.15, 0.2) is 5.69 Å². The van der Waals surface area contributed by atoms with Crippen molar-refractivity contribution < 1.29 is 14.3 Å². The summed E-state index contributed by atoms with van der Waals surface area (Å²) in [5.74, 6) is -0.375. The first kappa shape index (κ1) is 24.2. The van der Waals surface area contributed by atoms with Crippen LogP contribution >= 0.6 is 0 Å². The molecule has 3 atom stereocenters. The van der Waals surface area contributed by atoms with Crippen LogP contribution in [-0.4, -0.2) is 54.3 Å². The van der Waals surface area contributed by atoms with E-state index < -0.39 is 12.0 Å². The third-order valence-electron chi connectivity index (χ3n) is 6.41. The topological polar surface area (TPSA) is 148 Å². The van der Waals surface area contributed by atoms with Gasteiger partial charge < -0.3 is 31.7 Å². The number of nitrogens with two attached hydrogens (primary N) is 2. The number of carbonyl (C=O) groups excluding carboxylic acids is 2. The number of fused-ring (bicyclic) bond motifs is 1. The van der Waals surface area contributed by atoms with Crippen LogP contribution in [0.15, 0.2) is 42.7 Å². The van der Waals surface area contributed by atoms with Crippen LogP contribution in [0.3, 0.4) is 0 Å². The molecule has 35 heavy (non-hydrogen) atoms. The molecule has 3 heterocycles. The molecule has 1 aliphatic heterocycles. The van der Waals surface area contributed by atoms with Gasteiger partial charge in [0.1, 0.15) is 0 Å². The van der Waals surface area contributed by atoms with Gasteiger partial charge in [-0.2, -0.15) is 0 Å². The Kier molecular flexibility index (Phi) is 7.02. The number of carbonyl (C=O) groups is 2. The number of aryl methyl sites for hydroxylation is 1. The highest BCUT2D eigenvalue weighted by Crippen LogP contribution is 2.30. The van der Waals surface area contributed by atoms with E-state index in [4.69, 9.17) is 16.2 Å². The van der Waals surface area contributed by atoms with Crippen molar-refractivity contribution in [3.05, 3.63) is 54.0 Å². The van der Waals surface area contributed by atoms with Gasteiger partial charge >= 0.3 is 6.09 Å². The molecule has 3 aromatic rings. The zero-order valence-corrected chi connectivity index (χ0v) is 20.1. The fourth-order valence-corrected chi connectivity index (χ4v) is 4.54. The predicted octanol–water partition coefficient (Wildman–Crippen LogP) is 2.53. The summed E-state index contributed by atoms with van der Waals surface area (Å²) < 4.78 is 4.72. The molecule has 2 aromatic heterocycles. The van der Waals surface area contributed by atoms with Crippen LogP contribution in [0.25, 0.3) is 10.9 Å². The van der Waals surface area contributed by atoms with Crippen molar-refractivity contribution >= 4 is 40.0 Å². The Morgan fingerprint density at radius 1 is 1.23 bits per heavy atom. The molecule has 1 saturated heterocycles. The van der Waals surface area contributed by atoms with Crippen molar-refractivity contribution in [3.8, 4) is 0 Å². The zero-order valence-electron chi connectivity index (χ0n) is 20.1. The first-order chi connectivity index (χ1) is 16.8. The molecule has 184 valence electrons. The van der Waals surface area contributed by atoms with Gasteiger partial charge in [-0.1, -0.05) is 26.0 Å². The fourth-order valence-electron chi connectivity index (χ4n) is 4.54. The van der Waals surface area contributed by atoms with Crippen molar-refractivity contribution in [2.75, 3.05) is 36.1 Å². The fraction of sp³-hybridized carbons (Fsp3) is 0.360. The average Bonchev–Trinajstić information content (AvgIpc) is 2.85. The van der Waals surface area contributed by atoms with E-state index in [1.165, 1.54) is 7.11 Å². The van der Waals surface area contributed by atoms with E-state index >= 15 is 0 Å². The molecule has 1 aromatic carbocycles.